The van der Waals surface area contributed by atoms with Crippen molar-refractivity contribution in [2.75, 3.05) is 18.5 Å². The van der Waals surface area contributed by atoms with Crippen LogP contribution in [0.1, 0.15) is 31.4 Å². The van der Waals surface area contributed by atoms with Gasteiger partial charge in [-0.3, -0.25) is 0 Å². The molecule has 0 bridgehead atoms. The summed E-state index contributed by atoms with van der Waals surface area (Å²) in [5.41, 5.74) is 7.19. The first-order valence-corrected chi connectivity index (χ1v) is 6.75. The summed E-state index contributed by atoms with van der Waals surface area (Å²) in [6, 6.07) is 5.91. The van der Waals surface area contributed by atoms with Gasteiger partial charge in [0.15, 0.2) is 0 Å². The number of aromatic nitrogens is 1. The van der Waals surface area contributed by atoms with Crippen LogP contribution in [-0.2, 0) is 4.74 Å². The normalized spacial score (nSPS) is 22.7. The Morgan fingerprint density at radius 1 is 1.37 bits per heavy atom. The Morgan fingerprint density at radius 2 is 2.16 bits per heavy atom. The van der Waals surface area contributed by atoms with Crippen LogP contribution in [-0.4, -0.2) is 30.3 Å². The number of rotatable bonds is 5. The standard InChI is InChI=1S/C14H20N4O/c15-9-12-3-4-13(10-18-12)17-7-8-19-14-5-1-11(16)2-6-14/h3-4,10-11,14,17H,1-2,5-8,16H2. The highest BCUT2D eigenvalue weighted by atomic mass is 16.5. The average molecular weight is 260 g/mol. The predicted molar refractivity (Wildman–Crippen MR) is 73.6 cm³/mol. The van der Waals surface area contributed by atoms with E-state index in [0.29, 0.717) is 24.4 Å². The molecule has 1 aromatic heterocycles. The molecule has 0 radical (unpaired) electrons. The number of nitriles is 1. The predicted octanol–water partition coefficient (Wildman–Crippen LogP) is 1.65. The maximum absolute atomic E-state index is 8.64. The summed E-state index contributed by atoms with van der Waals surface area (Å²) in [4.78, 5) is 4.00. The lowest BCUT2D eigenvalue weighted by Gasteiger charge is -2.26. The molecular formula is C14H20N4O. The number of ether oxygens (including phenoxy) is 1. The fraction of sp³-hybridized carbons (Fsp3) is 0.571. The van der Waals surface area contributed by atoms with E-state index in [-0.39, 0.29) is 0 Å². The van der Waals surface area contributed by atoms with Crippen LogP contribution in [0.5, 0.6) is 0 Å². The van der Waals surface area contributed by atoms with Crippen molar-refractivity contribution in [2.45, 2.75) is 37.8 Å². The van der Waals surface area contributed by atoms with Gasteiger partial charge in [0.25, 0.3) is 0 Å². The third-order valence-electron chi connectivity index (χ3n) is 3.38. The molecule has 0 unspecified atom stereocenters. The highest BCUT2D eigenvalue weighted by Crippen LogP contribution is 2.19. The number of nitrogens with one attached hydrogen (secondary N) is 1. The number of nitrogens with zero attached hydrogens (tertiary/aromatic N) is 2. The molecule has 1 saturated carbocycles. The second-order valence-corrected chi connectivity index (χ2v) is 4.88. The van der Waals surface area contributed by atoms with E-state index in [9.17, 15) is 0 Å². The maximum atomic E-state index is 8.64. The molecule has 0 atom stereocenters. The molecular weight excluding hydrogens is 240 g/mol. The van der Waals surface area contributed by atoms with E-state index in [1.165, 1.54) is 0 Å². The minimum Gasteiger partial charge on any atom is -0.381 e. The second kappa shape index (κ2) is 7.07. The molecule has 102 valence electrons. The van der Waals surface area contributed by atoms with Gasteiger partial charge in [-0.25, -0.2) is 4.98 Å². The Morgan fingerprint density at radius 3 is 2.79 bits per heavy atom. The number of hydrogen-bond acceptors (Lipinski definition) is 5. The van der Waals surface area contributed by atoms with Gasteiger partial charge in [-0.15, -0.1) is 0 Å². The van der Waals surface area contributed by atoms with Gasteiger partial charge in [-0.05, 0) is 37.8 Å². The van der Waals surface area contributed by atoms with Crippen molar-refractivity contribution in [3.05, 3.63) is 24.0 Å². The summed E-state index contributed by atoms with van der Waals surface area (Å²) in [5, 5.41) is 11.9. The maximum Gasteiger partial charge on any atom is 0.140 e. The third-order valence-corrected chi connectivity index (χ3v) is 3.38. The minimum absolute atomic E-state index is 0.362. The summed E-state index contributed by atoms with van der Waals surface area (Å²) in [7, 11) is 0. The molecule has 0 aromatic carbocycles. The van der Waals surface area contributed by atoms with Crippen molar-refractivity contribution >= 4 is 5.69 Å². The summed E-state index contributed by atoms with van der Waals surface area (Å²) >= 11 is 0. The van der Waals surface area contributed by atoms with Crippen molar-refractivity contribution in [2.24, 2.45) is 5.73 Å². The topological polar surface area (TPSA) is 84.0 Å². The van der Waals surface area contributed by atoms with Gasteiger partial charge in [-0.2, -0.15) is 5.26 Å². The fourth-order valence-electron chi connectivity index (χ4n) is 2.24. The van der Waals surface area contributed by atoms with Gasteiger partial charge in [-0.1, -0.05) is 0 Å². The monoisotopic (exact) mass is 260 g/mol. The van der Waals surface area contributed by atoms with Crippen LogP contribution in [0.25, 0.3) is 0 Å². The molecule has 0 saturated heterocycles. The highest BCUT2D eigenvalue weighted by Gasteiger charge is 2.18. The number of nitrogens with two attached hydrogens (primary N) is 1. The zero-order chi connectivity index (χ0) is 13.5. The first-order valence-electron chi connectivity index (χ1n) is 6.75. The fourth-order valence-corrected chi connectivity index (χ4v) is 2.24. The molecule has 5 heteroatoms. The van der Waals surface area contributed by atoms with Crippen LogP contribution in [0.3, 0.4) is 0 Å². The molecule has 5 nitrogen and oxygen atoms in total. The Balaban J connectivity index is 1.62. The summed E-state index contributed by atoms with van der Waals surface area (Å²) in [5.74, 6) is 0. The molecule has 0 amide bonds. The van der Waals surface area contributed by atoms with Gasteiger partial charge in [0.05, 0.1) is 24.6 Å². The van der Waals surface area contributed by atoms with Gasteiger partial charge in [0.2, 0.25) is 0 Å². The molecule has 2 rings (SSSR count). The summed E-state index contributed by atoms with van der Waals surface area (Å²) in [6.45, 7) is 1.43. The van der Waals surface area contributed by atoms with Crippen LogP contribution < -0.4 is 11.1 Å². The van der Waals surface area contributed by atoms with Gasteiger partial charge in [0, 0.05) is 12.6 Å². The van der Waals surface area contributed by atoms with E-state index >= 15 is 0 Å². The number of anilines is 1. The molecule has 3 N–H and O–H groups in total. The van der Waals surface area contributed by atoms with Crippen molar-refractivity contribution in [1.82, 2.24) is 4.98 Å². The lowest BCUT2D eigenvalue weighted by atomic mass is 9.94. The highest BCUT2D eigenvalue weighted by molar-refractivity contribution is 5.42. The lowest BCUT2D eigenvalue weighted by molar-refractivity contribution is 0.0313. The summed E-state index contributed by atoms with van der Waals surface area (Å²) < 4.78 is 5.81. The third kappa shape index (κ3) is 4.51. The quantitative estimate of drug-likeness (QED) is 0.786. The Bertz CT molecular complexity index is 418. The SMILES string of the molecule is N#Cc1ccc(NCCOC2CCC(N)CC2)cn1. The van der Waals surface area contributed by atoms with Crippen molar-refractivity contribution in [3.63, 3.8) is 0 Å². The number of pyridine rings is 1. The molecule has 0 spiro atoms. The van der Waals surface area contributed by atoms with E-state index < -0.39 is 0 Å². The molecule has 1 aliphatic rings. The first-order chi connectivity index (χ1) is 9.28. The molecule has 1 fully saturated rings. The van der Waals surface area contributed by atoms with E-state index in [0.717, 1.165) is 37.9 Å². The Labute approximate surface area is 113 Å². The van der Waals surface area contributed by atoms with Crippen LogP contribution in [0, 0.1) is 11.3 Å². The van der Waals surface area contributed by atoms with Crippen molar-refractivity contribution < 1.29 is 4.74 Å². The van der Waals surface area contributed by atoms with Crippen molar-refractivity contribution in [1.29, 1.82) is 5.26 Å². The zero-order valence-electron chi connectivity index (χ0n) is 11.0. The van der Waals surface area contributed by atoms with Crippen LogP contribution in [0.15, 0.2) is 18.3 Å². The molecule has 0 aliphatic heterocycles. The Kier molecular flexibility index (Phi) is 5.13. The van der Waals surface area contributed by atoms with E-state index in [4.69, 9.17) is 15.7 Å². The van der Waals surface area contributed by atoms with Crippen LogP contribution in [0.4, 0.5) is 5.69 Å². The van der Waals surface area contributed by atoms with Crippen LogP contribution in [0.2, 0.25) is 0 Å². The summed E-state index contributed by atoms with van der Waals surface area (Å²) in [6.07, 6.45) is 6.30. The van der Waals surface area contributed by atoms with Gasteiger partial charge in [0.1, 0.15) is 11.8 Å². The van der Waals surface area contributed by atoms with E-state index in [1.807, 2.05) is 12.1 Å². The van der Waals surface area contributed by atoms with E-state index in [2.05, 4.69) is 10.3 Å². The molecule has 19 heavy (non-hydrogen) atoms. The first kappa shape index (κ1) is 13.8. The van der Waals surface area contributed by atoms with Crippen LogP contribution >= 0.6 is 0 Å². The van der Waals surface area contributed by atoms with Crippen molar-refractivity contribution in [3.8, 4) is 6.07 Å². The molecule has 1 aromatic rings. The lowest BCUT2D eigenvalue weighted by Crippen LogP contribution is -2.31. The smallest absolute Gasteiger partial charge is 0.140 e. The van der Waals surface area contributed by atoms with Gasteiger partial charge < -0.3 is 15.8 Å². The van der Waals surface area contributed by atoms with E-state index in [1.54, 1.807) is 12.3 Å². The second-order valence-electron chi connectivity index (χ2n) is 4.88. The largest absolute Gasteiger partial charge is 0.381 e. The molecule has 1 aliphatic carbocycles. The number of hydrogen-bond donors (Lipinski definition) is 2. The minimum atomic E-state index is 0.362. The van der Waals surface area contributed by atoms with Gasteiger partial charge >= 0.3 is 0 Å². The molecule has 1 heterocycles. The zero-order valence-corrected chi connectivity index (χ0v) is 11.0. The Hall–Kier alpha value is -1.64. The average Bonchev–Trinajstić information content (AvgIpc) is 2.46.